The zero-order valence-corrected chi connectivity index (χ0v) is 9.98. The molecular weight excluding hydrogens is 219 g/mol. The highest BCUT2D eigenvalue weighted by Gasteiger charge is 2.05. The van der Waals surface area contributed by atoms with Crippen molar-refractivity contribution in [3.05, 3.63) is 53.5 Å². The molecule has 0 amide bonds. The van der Waals surface area contributed by atoms with Crippen LogP contribution < -0.4 is 0 Å². The van der Waals surface area contributed by atoms with Crippen LogP contribution in [0.15, 0.2) is 34.9 Å². The number of aryl methyl sites for hydroxylation is 1. The Hall–Kier alpha value is -1.68. The van der Waals surface area contributed by atoms with Gasteiger partial charge in [0.25, 0.3) is 0 Å². The van der Waals surface area contributed by atoms with E-state index in [1.165, 1.54) is 6.07 Å². The van der Waals surface area contributed by atoms with Crippen molar-refractivity contribution >= 4 is 0 Å². The Kier molecular flexibility index (Phi) is 3.54. The summed E-state index contributed by atoms with van der Waals surface area (Å²) in [6.45, 7) is 3.19. The molecule has 0 fully saturated rings. The first kappa shape index (κ1) is 11.8. The normalized spacial score (nSPS) is 11.1. The molecule has 0 spiro atoms. The molecule has 0 atom stereocenters. The van der Waals surface area contributed by atoms with Gasteiger partial charge in [-0.2, -0.15) is 0 Å². The summed E-state index contributed by atoms with van der Waals surface area (Å²) in [5.74, 6) is 0.465. The molecule has 1 aromatic carbocycles. The van der Waals surface area contributed by atoms with Crippen LogP contribution in [0.5, 0.6) is 0 Å². The molecule has 0 saturated heterocycles. The Labute approximate surface area is 99.9 Å². The predicted octanol–water partition coefficient (Wildman–Crippen LogP) is 2.75. The third-order valence-corrected chi connectivity index (χ3v) is 2.44. The van der Waals surface area contributed by atoms with E-state index in [0.29, 0.717) is 19.0 Å². The van der Waals surface area contributed by atoms with Gasteiger partial charge < -0.3 is 4.42 Å². The quantitative estimate of drug-likeness (QED) is 0.814. The van der Waals surface area contributed by atoms with Crippen molar-refractivity contribution in [2.45, 2.75) is 20.0 Å². The van der Waals surface area contributed by atoms with E-state index in [-0.39, 0.29) is 5.82 Å². The highest BCUT2D eigenvalue weighted by Crippen LogP contribution is 2.09. The van der Waals surface area contributed by atoms with Gasteiger partial charge in [0, 0.05) is 20.0 Å². The minimum Gasteiger partial charge on any atom is -0.449 e. The molecule has 0 aliphatic carbocycles. The lowest BCUT2D eigenvalue weighted by atomic mass is 10.2. The molecule has 0 saturated carbocycles. The molecule has 17 heavy (non-hydrogen) atoms. The summed E-state index contributed by atoms with van der Waals surface area (Å²) in [5, 5.41) is 0. The van der Waals surface area contributed by atoms with Gasteiger partial charge in [-0.1, -0.05) is 12.1 Å². The molecule has 0 aliphatic rings. The molecule has 4 heteroatoms. The van der Waals surface area contributed by atoms with Crippen LogP contribution >= 0.6 is 0 Å². The molecule has 0 unspecified atom stereocenters. The number of halogens is 1. The second kappa shape index (κ2) is 5.10. The summed E-state index contributed by atoms with van der Waals surface area (Å²) < 4.78 is 18.1. The molecule has 0 radical (unpaired) electrons. The fourth-order valence-electron chi connectivity index (χ4n) is 1.76. The zero-order chi connectivity index (χ0) is 12.3. The van der Waals surface area contributed by atoms with E-state index in [0.717, 1.165) is 11.3 Å². The molecule has 2 rings (SSSR count). The average molecular weight is 234 g/mol. The van der Waals surface area contributed by atoms with E-state index in [4.69, 9.17) is 4.42 Å². The van der Waals surface area contributed by atoms with Gasteiger partial charge in [0.05, 0.1) is 5.69 Å². The number of oxazole rings is 1. The summed E-state index contributed by atoms with van der Waals surface area (Å²) in [7, 11) is 1.97. The van der Waals surface area contributed by atoms with E-state index in [1.54, 1.807) is 18.4 Å². The fraction of sp³-hybridized carbons (Fsp3) is 0.308. The third kappa shape index (κ3) is 3.39. The first-order chi connectivity index (χ1) is 8.13. The third-order valence-electron chi connectivity index (χ3n) is 2.44. The van der Waals surface area contributed by atoms with Crippen LogP contribution in [-0.4, -0.2) is 16.9 Å². The maximum Gasteiger partial charge on any atom is 0.191 e. The Morgan fingerprint density at radius 1 is 1.35 bits per heavy atom. The Bertz CT molecular complexity index is 496. The topological polar surface area (TPSA) is 29.3 Å². The lowest BCUT2D eigenvalue weighted by Crippen LogP contribution is -2.17. The van der Waals surface area contributed by atoms with Crippen LogP contribution in [0.1, 0.15) is 17.1 Å². The largest absolute Gasteiger partial charge is 0.449 e. The number of nitrogens with zero attached hydrogens (tertiary/aromatic N) is 2. The van der Waals surface area contributed by atoms with Gasteiger partial charge in [-0.15, -0.1) is 0 Å². The average Bonchev–Trinajstić information content (AvgIpc) is 2.63. The van der Waals surface area contributed by atoms with Crippen LogP contribution in [0.4, 0.5) is 4.39 Å². The summed E-state index contributed by atoms with van der Waals surface area (Å²) in [6.07, 6.45) is 1.65. The van der Waals surface area contributed by atoms with Crippen molar-refractivity contribution in [1.29, 1.82) is 0 Å². The summed E-state index contributed by atoms with van der Waals surface area (Å²) in [6, 6.07) is 6.63. The van der Waals surface area contributed by atoms with E-state index < -0.39 is 0 Å². The van der Waals surface area contributed by atoms with Crippen molar-refractivity contribution in [3.63, 3.8) is 0 Å². The standard InChI is InChI=1S/C13H15FN2O/c1-10-15-13(9-17-10)8-16(2)7-11-4-3-5-12(14)6-11/h3-6,9H,7-8H2,1-2H3. The van der Waals surface area contributed by atoms with E-state index in [2.05, 4.69) is 9.88 Å². The number of hydrogen-bond acceptors (Lipinski definition) is 3. The smallest absolute Gasteiger partial charge is 0.191 e. The van der Waals surface area contributed by atoms with Crippen LogP contribution in [0.3, 0.4) is 0 Å². The van der Waals surface area contributed by atoms with Crippen LogP contribution in [0, 0.1) is 12.7 Å². The molecule has 90 valence electrons. The molecule has 0 bridgehead atoms. The van der Waals surface area contributed by atoms with Crippen molar-refractivity contribution in [2.75, 3.05) is 7.05 Å². The second-order valence-electron chi connectivity index (χ2n) is 4.16. The van der Waals surface area contributed by atoms with Gasteiger partial charge in [0.1, 0.15) is 12.1 Å². The van der Waals surface area contributed by atoms with Crippen LogP contribution in [0.2, 0.25) is 0 Å². The predicted molar refractivity (Wildman–Crippen MR) is 62.8 cm³/mol. The lowest BCUT2D eigenvalue weighted by molar-refractivity contribution is 0.314. The SMILES string of the molecule is Cc1nc(CN(C)Cc2cccc(F)c2)co1. The molecule has 3 nitrogen and oxygen atoms in total. The zero-order valence-electron chi connectivity index (χ0n) is 9.98. The maximum atomic E-state index is 13.0. The maximum absolute atomic E-state index is 13.0. The van der Waals surface area contributed by atoms with Gasteiger partial charge in [-0.25, -0.2) is 9.37 Å². The molecule has 1 heterocycles. The lowest BCUT2D eigenvalue weighted by Gasteiger charge is -2.14. The summed E-state index contributed by atoms with van der Waals surface area (Å²) >= 11 is 0. The van der Waals surface area contributed by atoms with Gasteiger partial charge in [0.15, 0.2) is 5.89 Å². The molecule has 0 N–H and O–H groups in total. The van der Waals surface area contributed by atoms with Gasteiger partial charge >= 0.3 is 0 Å². The first-order valence-electron chi connectivity index (χ1n) is 5.47. The van der Waals surface area contributed by atoms with Gasteiger partial charge in [0.2, 0.25) is 0 Å². The molecular formula is C13H15FN2O. The second-order valence-corrected chi connectivity index (χ2v) is 4.16. The Morgan fingerprint density at radius 2 is 2.18 bits per heavy atom. The number of hydrogen-bond donors (Lipinski definition) is 0. The minimum absolute atomic E-state index is 0.201. The monoisotopic (exact) mass is 234 g/mol. The molecule has 0 aliphatic heterocycles. The van der Waals surface area contributed by atoms with Gasteiger partial charge in [-0.3, -0.25) is 4.90 Å². The number of benzene rings is 1. The molecule has 2 aromatic rings. The number of aromatic nitrogens is 1. The summed E-state index contributed by atoms with van der Waals surface area (Å²) in [5.41, 5.74) is 1.84. The highest BCUT2D eigenvalue weighted by molar-refractivity contribution is 5.16. The van der Waals surface area contributed by atoms with Crippen molar-refractivity contribution in [1.82, 2.24) is 9.88 Å². The van der Waals surface area contributed by atoms with E-state index in [9.17, 15) is 4.39 Å². The Morgan fingerprint density at radius 3 is 2.82 bits per heavy atom. The first-order valence-corrected chi connectivity index (χ1v) is 5.47. The fourth-order valence-corrected chi connectivity index (χ4v) is 1.76. The minimum atomic E-state index is -0.201. The van der Waals surface area contributed by atoms with E-state index in [1.807, 2.05) is 20.0 Å². The summed E-state index contributed by atoms with van der Waals surface area (Å²) in [4.78, 5) is 6.29. The van der Waals surface area contributed by atoms with Crippen LogP contribution in [0.25, 0.3) is 0 Å². The van der Waals surface area contributed by atoms with Gasteiger partial charge in [-0.05, 0) is 24.7 Å². The van der Waals surface area contributed by atoms with E-state index >= 15 is 0 Å². The van der Waals surface area contributed by atoms with Crippen molar-refractivity contribution in [2.24, 2.45) is 0 Å². The molecule has 1 aromatic heterocycles. The van der Waals surface area contributed by atoms with Crippen molar-refractivity contribution in [3.8, 4) is 0 Å². The Balaban J connectivity index is 1.95. The highest BCUT2D eigenvalue weighted by atomic mass is 19.1. The number of rotatable bonds is 4. The van der Waals surface area contributed by atoms with Crippen LogP contribution in [-0.2, 0) is 13.1 Å². The van der Waals surface area contributed by atoms with Crippen molar-refractivity contribution < 1.29 is 8.81 Å².